The average Bonchev–Trinajstić information content (AvgIpc) is 2.36. The number of nitrogens with one attached hydrogen (secondary N) is 1. The summed E-state index contributed by atoms with van der Waals surface area (Å²) in [4.78, 5) is 8.73. The van der Waals surface area contributed by atoms with Gasteiger partial charge in [0.15, 0.2) is 0 Å². The molecule has 1 fully saturated rings. The summed E-state index contributed by atoms with van der Waals surface area (Å²) in [5.41, 5.74) is 0.926. The molecule has 1 aliphatic heterocycles. The molecule has 0 saturated carbocycles. The van der Waals surface area contributed by atoms with Crippen LogP contribution in [-0.4, -0.2) is 29.2 Å². The second kappa shape index (κ2) is 5.65. The molecular formula is C12H18ClN3O. The summed E-state index contributed by atoms with van der Waals surface area (Å²) in [6, 6.07) is 0.429. The van der Waals surface area contributed by atoms with E-state index in [-0.39, 0.29) is 0 Å². The van der Waals surface area contributed by atoms with Crippen LogP contribution in [0.2, 0.25) is 5.15 Å². The van der Waals surface area contributed by atoms with Crippen LogP contribution in [0.4, 0.5) is 5.82 Å². The van der Waals surface area contributed by atoms with Crippen LogP contribution in [0.1, 0.15) is 31.2 Å². The normalized spacial score (nSPS) is 17.1. The maximum Gasteiger partial charge on any atom is 0.137 e. The number of anilines is 1. The van der Waals surface area contributed by atoms with Crippen LogP contribution in [0.3, 0.4) is 0 Å². The SMILES string of the molecule is CCc1nc(Cl)c(C)c(NC2CCOCC2)n1. The van der Waals surface area contributed by atoms with Crippen LogP contribution in [0.25, 0.3) is 0 Å². The highest BCUT2D eigenvalue weighted by molar-refractivity contribution is 6.30. The molecule has 1 aromatic heterocycles. The molecule has 1 aromatic rings. The fourth-order valence-electron chi connectivity index (χ4n) is 1.87. The lowest BCUT2D eigenvalue weighted by atomic mass is 10.1. The van der Waals surface area contributed by atoms with Crippen molar-refractivity contribution in [2.75, 3.05) is 18.5 Å². The Morgan fingerprint density at radius 2 is 2.06 bits per heavy atom. The van der Waals surface area contributed by atoms with Gasteiger partial charge in [-0.25, -0.2) is 9.97 Å². The molecule has 0 aliphatic carbocycles. The summed E-state index contributed by atoms with van der Waals surface area (Å²) < 4.78 is 5.34. The first-order valence-electron chi connectivity index (χ1n) is 6.08. The van der Waals surface area contributed by atoms with Crippen molar-refractivity contribution in [3.8, 4) is 0 Å². The van der Waals surface area contributed by atoms with Crippen molar-refractivity contribution in [1.82, 2.24) is 9.97 Å². The zero-order valence-electron chi connectivity index (χ0n) is 10.3. The van der Waals surface area contributed by atoms with Gasteiger partial charge < -0.3 is 10.1 Å². The highest BCUT2D eigenvalue weighted by atomic mass is 35.5. The molecule has 1 aliphatic rings. The summed E-state index contributed by atoms with van der Waals surface area (Å²) in [6.07, 6.45) is 2.83. The van der Waals surface area contributed by atoms with Crippen molar-refractivity contribution in [3.05, 3.63) is 16.5 Å². The first-order chi connectivity index (χ1) is 8.20. The molecule has 0 unspecified atom stereocenters. The van der Waals surface area contributed by atoms with Gasteiger partial charge in [-0.05, 0) is 19.8 Å². The zero-order chi connectivity index (χ0) is 12.3. The summed E-state index contributed by atoms with van der Waals surface area (Å²) in [7, 11) is 0. The Labute approximate surface area is 107 Å². The highest BCUT2D eigenvalue weighted by Crippen LogP contribution is 2.22. The van der Waals surface area contributed by atoms with Gasteiger partial charge in [0.1, 0.15) is 16.8 Å². The molecule has 2 heterocycles. The smallest absolute Gasteiger partial charge is 0.137 e. The van der Waals surface area contributed by atoms with E-state index >= 15 is 0 Å². The van der Waals surface area contributed by atoms with Crippen LogP contribution < -0.4 is 5.32 Å². The van der Waals surface area contributed by atoms with E-state index in [2.05, 4.69) is 15.3 Å². The summed E-state index contributed by atoms with van der Waals surface area (Å²) >= 11 is 6.10. The molecule has 94 valence electrons. The molecule has 4 nitrogen and oxygen atoms in total. The molecule has 2 rings (SSSR count). The van der Waals surface area contributed by atoms with E-state index in [1.807, 2.05) is 13.8 Å². The van der Waals surface area contributed by atoms with Crippen LogP contribution in [0.15, 0.2) is 0 Å². The number of halogens is 1. The van der Waals surface area contributed by atoms with Crippen molar-refractivity contribution < 1.29 is 4.74 Å². The number of ether oxygens (including phenoxy) is 1. The van der Waals surface area contributed by atoms with Gasteiger partial charge in [-0.15, -0.1) is 0 Å². The first kappa shape index (κ1) is 12.6. The van der Waals surface area contributed by atoms with Crippen molar-refractivity contribution in [2.24, 2.45) is 0 Å². The first-order valence-corrected chi connectivity index (χ1v) is 6.45. The monoisotopic (exact) mass is 255 g/mol. The topological polar surface area (TPSA) is 47.0 Å². The van der Waals surface area contributed by atoms with E-state index in [9.17, 15) is 0 Å². The molecule has 5 heteroatoms. The Morgan fingerprint density at radius 1 is 1.35 bits per heavy atom. The lowest BCUT2D eigenvalue weighted by Crippen LogP contribution is -2.28. The third kappa shape index (κ3) is 3.07. The van der Waals surface area contributed by atoms with Crippen molar-refractivity contribution >= 4 is 17.4 Å². The number of hydrogen-bond donors (Lipinski definition) is 1. The van der Waals surface area contributed by atoms with Gasteiger partial charge in [0, 0.05) is 31.2 Å². The molecule has 0 bridgehead atoms. The lowest BCUT2D eigenvalue weighted by molar-refractivity contribution is 0.0903. The summed E-state index contributed by atoms with van der Waals surface area (Å²) in [5.74, 6) is 1.66. The van der Waals surface area contributed by atoms with Crippen molar-refractivity contribution in [2.45, 2.75) is 39.2 Å². The third-order valence-electron chi connectivity index (χ3n) is 3.01. The Morgan fingerprint density at radius 3 is 2.71 bits per heavy atom. The molecule has 17 heavy (non-hydrogen) atoms. The molecule has 0 radical (unpaired) electrons. The summed E-state index contributed by atoms with van der Waals surface area (Å²) in [6.45, 7) is 5.61. The van der Waals surface area contributed by atoms with Crippen LogP contribution in [0, 0.1) is 6.92 Å². The highest BCUT2D eigenvalue weighted by Gasteiger charge is 2.16. The van der Waals surface area contributed by atoms with Gasteiger partial charge in [0.25, 0.3) is 0 Å². The number of nitrogens with zero attached hydrogens (tertiary/aromatic N) is 2. The quantitative estimate of drug-likeness (QED) is 0.844. The van der Waals surface area contributed by atoms with E-state index in [1.54, 1.807) is 0 Å². The molecule has 1 saturated heterocycles. The van der Waals surface area contributed by atoms with E-state index in [0.29, 0.717) is 11.2 Å². The fraction of sp³-hybridized carbons (Fsp3) is 0.667. The minimum absolute atomic E-state index is 0.429. The Kier molecular flexibility index (Phi) is 4.18. The maximum atomic E-state index is 6.10. The number of aromatic nitrogens is 2. The lowest BCUT2D eigenvalue weighted by Gasteiger charge is -2.24. The minimum atomic E-state index is 0.429. The zero-order valence-corrected chi connectivity index (χ0v) is 11.0. The standard InChI is InChI=1S/C12H18ClN3O/c1-3-10-15-11(13)8(2)12(16-10)14-9-4-6-17-7-5-9/h9H,3-7H2,1-2H3,(H,14,15,16). The average molecular weight is 256 g/mol. The molecule has 0 aromatic carbocycles. The second-order valence-electron chi connectivity index (χ2n) is 4.29. The number of hydrogen-bond acceptors (Lipinski definition) is 4. The fourth-order valence-corrected chi connectivity index (χ4v) is 2.05. The molecule has 1 N–H and O–H groups in total. The van der Waals surface area contributed by atoms with E-state index in [1.165, 1.54) is 0 Å². The van der Waals surface area contributed by atoms with Crippen molar-refractivity contribution in [3.63, 3.8) is 0 Å². The van der Waals surface area contributed by atoms with Gasteiger partial charge in [0.2, 0.25) is 0 Å². The van der Waals surface area contributed by atoms with E-state index in [0.717, 1.165) is 49.7 Å². The van der Waals surface area contributed by atoms with Gasteiger partial charge in [-0.1, -0.05) is 18.5 Å². The van der Waals surface area contributed by atoms with Gasteiger partial charge in [-0.2, -0.15) is 0 Å². The number of aryl methyl sites for hydroxylation is 1. The third-order valence-corrected chi connectivity index (χ3v) is 3.38. The Bertz CT molecular complexity index is 392. The van der Waals surface area contributed by atoms with Crippen molar-refractivity contribution in [1.29, 1.82) is 0 Å². The molecule has 0 atom stereocenters. The predicted octanol–water partition coefficient (Wildman–Crippen LogP) is 2.59. The molecular weight excluding hydrogens is 238 g/mol. The minimum Gasteiger partial charge on any atom is -0.381 e. The predicted molar refractivity (Wildman–Crippen MR) is 68.6 cm³/mol. The van der Waals surface area contributed by atoms with Gasteiger partial charge in [0.05, 0.1) is 0 Å². The molecule has 0 amide bonds. The largest absolute Gasteiger partial charge is 0.381 e. The molecule has 0 spiro atoms. The van der Waals surface area contributed by atoms with Crippen LogP contribution >= 0.6 is 11.6 Å². The Balaban J connectivity index is 2.15. The number of rotatable bonds is 3. The maximum absolute atomic E-state index is 6.10. The van der Waals surface area contributed by atoms with E-state index < -0.39 is 0 Å². The Hall–Kier alpha value is -0.870. The van der Waals surface area contributed by atoms with Crippen LogP contribution in [-0.2, 0) is 11.2 Å². The second-order valence-corrected chi connectivity index (χ2v) is 4.65. The van der Waals surface area contributed by atoms with Gasteiger partial charge >= 0.3 is 0 Å². The van der Waals surface area contributed by atoms with Crippen LogP contribution in [0.5, 0.6) is 0 Å². The van der Waals surface area contributed by atoms with E-state index in [4.69, 9.17) is 16.3 Å². The summed E-state index contributed by atoms with van der Waals surface area (Å²) in [5, 5.41) is 4.00. The van der Waals surface area contributed by atoms with Gasteiger partial charge in [-0.3, -0.25) is 0 Å².